The summed E-state index contributed by atoms with van der Waals surface area (Å²) in [6.07, 6.45) is 2.18. The predicted molar refractivity (Wildman–Crippen MR) is 133 cm³/mol. The van der Waals surface area contributed by atoms with Crippen LogP contribution in [0.4, 0.5) is 9.18 Å². The van der Waals surface area contributed by atoms with Crippen molar-refractivity contribution in [3.63, 3.8) is 0 Å². The Morgan fingerprint density at radius 2 is 1.78 bits per heavy atom. The number of rotatable bonds is 6. The van der Waals surface area contributed by atoms with E-state index >= 15 is 0 Å². The van der Waals surface area contributed by atoms with Crippen molar-refractivity contribution in [2.75, 3.05) is 0 Å². The van der Waals surface area contributed by atoms with Crippen LogP contribution < -0.4 is 10.1 Å². The van der Waals surface area contributed by atoms with Crippen molar-refractivity contribution >= 4 is 27.1 Å². The number of carbonyl (C=O) groups is 1. The van der Waals surface area contributed by atoms with E-state index in [0.717, 1.165) is 9.54 Å². The van der Waals surface area contributed by atoms with Crippen LogP contribution >= 0.6 is 0 Å². The zero-order chi connectivity index (χ0) is 26.1. The number of carbonyl (C=O) groups excluding carboxylic acids is 1. The fourth-order valence-electron chi connectivity index (χ4n) is 3.44. The summed E-state index contributed by atoms with van der Waals surface area (Å²) in [4.78, 5) is 16.2. The number of alkyl carbamates (subject to hydrolysis) is 1. The average molecular weight is 512 g/mol. The van der Waals surface area contributed by atoms with Crippen molar-refractivity contribution in [1.82, 2.24) is 14.3 Å². The molecule has 0 bridgehead atoms. The summed E-state index contributed by atoms with van der Waals surface area (Å²) in [6.45, 7) is 7.20. The molecule has 0 saturated carbocycles. The summed E-state index contributed by atoms with van der Waals surface area (Å²) in [5.74, 6) is -0.454. The van der Waals surface area contributed by atoms with Crippen LogP contribution in [0.2, 0.25) is 0 Å². The molecule has 10 heteroatoms. The molecule has 0 radical (unpaired) electrons. The monoisotopic (exact) mass is 511 g/mol. The topological polar surface area (TPSA) is 99.5 Å². The SMILES string of the molecule is Cc1ccc(S(=O)(=O)n2ccc3c(Oc4ccc(CNC(=O)OC(C)(C)C)cc4F)ccnc32)cc1. The van der Waals surface area contributed by atoms with Gasteiger partial charge in [-0.15, -0.1) is 0 Å². The van der Waals surface area contributed by atoms with E-state index in [1.165, 1.54) is 42.7 Å². The maximum Gasteiger partial charge on any atom is 0.407 e. The summed E-state index contributed by atoms with van der Waals surface area (Å²) in [5, 5.41) is 2.98. The van der Waals surface area contributed by atoms with Gasteiger partial charge in [0.15, 0.2) is 17.2 Å². The van der Waals surface area contributed by atoms with E-state index in [2.05, 4.69) is 10.3 Å². The third kappa shape index (κ3) is 5.49. The molecular weight excluding hydrogens is 485 g/mol. The minimum atomic E-state index is -3.89. The number of fused-ring (bicyclic) bond motifs is 1. The van der Waals surface area contributed by atoms with E-state index in [-0.39, 0.29) is 28.6 Å². The van der Waals surface area contributed by atoms with Crippen molar-refractivity contribution in [3.05, 3.63) is 83.9 Å². The van der Waals surface area contributed by atoms with Gasteiger partial charge in [-0.3, -0.25) is 0 Å². The average Bonchev–Trinajstić information content (AvgIpc) is 3.24. The van der Waals surface area contributed by atoms with Gasteiger partial charge in [0, 0.05) is 18.9 Å². The summed E-state index contributed by atoms with van der Waals surface area (Å²) in [6, 6.07) is 13.9. The van der Waals surface area contributed by atoms with Crippen LogP contribution in [-0.2, 0) is 21.3 Å². The van der Waals surface area contributed by atoms with Gasteiger partial charge in [-0.25, -0.2) is 26.6 Å². The molecule has 4 rings (SSSR count). The third-order valence-corrected chi connectivity index (χ3v) is 6.82. The maximum absolute atomic E-state index is 14.8. The number of aromatic nitrogens is 2. The van der Waals surface area contributed by atoms with Crippen LogP contribution in [0.1, 0.15) is 31.9 Å². The highest BCUT2D eigenvalue weighted by atomic mass is 32.2. The number of ether oxygens (including phenoxy) is 2. The molecule has 2 heterocycles. The Morgan fingerprint density at radius 1 is 1.06 bits per heavy atom. The van der Waals surface area contributed by atoms with Gasteiger partial charge in [0.25, 0.3) is 10.0 Å². The van der Waals surface area contributed by atoms with Gasteiger partial charge >= 0.3 is 6.09 Å². The van der Waals surface area contributed by atoms with E-state index < -0.39 is 27.5 Å². The molecule has 1 N–H and O–H groups in total. The first-order valence-electron chi connectivity index (χ1n) is 11.2. The number of pyridine rings is 1. The zero-order valence-corrected chi connectivity index (χ0v) is 21.1. The number of hydrogen-bond acceptors (Lipinski definition) is 6. The van der Waals surface area contributed by atoms with Gasteiger partial charge in [-0.2, -0.15) is 0 Å². The van der Waals surface area contributed by atoms with Crippen molar-refractivity contribution in [1.29, 1.82) is 0 Å². The Balaban J connectivity index is 1.55. The number of hydrogen-bond donors (Lipinski definition) is 1. The molecule has 0 fully saturated rings. The minimum Gasteiger partial charge on any atom is -0.453 e. The molecule has 0 unspecified atom stereocenters. The molecule has 0 saturated heterocycles. The van der Waals surface area contributed by atoms with Crippen molar-refractivity contribution in [3.8, 4) is 11.5 Å². The highest BCUT2D eigenvalue weighted by Gasteiger charge is 2.21. The molecule has 0 aliphatic carbocycles. The minimum absolute atomic E-state index is 0.0577. The molecule has 1 amide bonds. The molecule has 8 nitrogen and oxygen atoms in total. The zero-order valence-electron chi connectivity index (χ0n) is 20.3. The number of amides is 1. The van der Waals surface area contributed by atoms with E-state index in [0.29, 0.717) is 10.9 Å². The van der Waals surface area contributed by atoms with E-state index in [1.807, 2.05) is 6.92 Å². The first-order chi connectivity index (χ1) is 16.9. The summed E-state index contributed by atoms with van der Waals surface area (Å²) in [7, 11) is -3.89. The molecule has 36 heavy (non-hydrogen) atoms. The fourth-order valence-corrected chi connectivity index (χ4v) is 4.74. The van der Waals surface area contributed by atoms with Gasteiger partial charge in [-0.05, 0) is 69.7 Å². The van der Waals surface area contributed by atoms with Crippen molar-refractivity contribution in [2.45, 2.75) is 44.7 Å². The number of aryl methyl sites for hydroxylation is 1. The van der Waals surface area contributed by atoms with Crippen molar-refractivity contribution < 1.29 is 27.1 Å². The largest absolute Gasteiger partial charge is 0.453 e. The van der Waals surface area contributed by atoms with E-state index in [9.17, 15) is 17.6 Å². The number of benzene rings is 2. The summed E-state index contributed by atoms with van der Waals surface area (Å²) in [5.41, 5.74) is 0.975. The van der Waals surface area contributed by atoms with E-state index in [4.69, 9.17) is 9.47 Å². The maximum atomic E-state index is 14.8. The van der Waals surface area contributed by atoms with Gasteiger partial charge in [-0.1, -0.05) is 23.8 Å². The number of nitrogens with zero attached hydrogens (tertiary/aromatic N) is 2. The molecule has 0 aliphatic rings. The fraction of sp³-hybridized carbons (Fsp3) is 0.231. The standard InChI is InChI=1S/C26H26FN3O5S/c1-17-5-8-19(9-6-17)36(32,33)30-14-12-20-22(11-13-28-24(20)30)34-23-10-7-18(15-21(23)27)16-29-25(31)35-26(2,3)4/h5-15H,16H2,1-4H3,(H,29,31). The lowest BCUT2D eigenvalue weighted by Gasteiger charge is -2.19. The molecule has 4 aromatic rings. The lowest BCUT2D eigenvalue weighted by molar-refractivity contribution is 0.0523. The predicted octanol–water partition coefficient (Wildman–Crippen LogP) is 5.54. The highest BCUT2D eigenvalue weighted by Crippen LogP contribution is 2.32. The highest BCUT2D eigenvalue weighted by molar-refractivity contribution is 7.90. The summed E-state index contributed by atoms with van der Waals surface area (Å²) < 4.78 is 53.1. The number of nitrogens with one attached hydrogen (secondary N) is 1. The molecule has 188 valence electrons. The molecular formula is C26H26FN3O5S. The number of halogens is 1. The first-order valence-corrected chi connectivity index (χ1v) is 12.6. The van der Waals surface area contributed by atoms with Crippen LogP contribution in [0.15, 0.2) is 71.9 Å². The second kappa shape index (κ2) is 9.62. The normalized spacial score (nSPS) is 11.9. The van der Waals surface area contributed by atoms with Crippen LogP contribution in [-0.4, -0.2) is 29.1 Å². The van der Waals surface area contributed by atoms with Crippen LogP contribution in [0.3, 0.4) is 0 Å². The Hall–Kier alpha value is -3.92. The van der Waals surface area contributed by atoms with Gasteiger partial charge < -0.3 is 14.8 Å². The third-order valence-electron chi connectivity index (χ3n) is 5.14. The van der Waals surface area contributed by atoms with Crippen molar-refractivity contribution in [2.24, 2.45) is 0 Å². The lowest BCUT2D eigenvalue weighted by Crippen LogP contribution is -2.32. The Kier molecular flexibility index (Phi) is 6.73. The second-order valence-electron chi connectivity index (χ2n) is 9.20. The lowest BCUT2D eigenvalue weighted by atomic mass is 10.2. The quantitative estimate of drug-likeness (QED) is 0.365. The molecule has 0 aliphatic heterocycles. The first kappa shape index (κ1) is 25.2. The Labute approximate surface area is 208 Å². The summed E-state index contributed by atoms with van der Waals surface area (Å²) >= 11 is 0. The van der Waals surface area contributed by atoms with Gasteiger partial charge in [0.2, 0.25) is 0 Å². The second-order valence-corrected chi connectivity index (χ2v) is 11.0. The smallest absolute Gasteiger partial charge is 0.407 e. The Morgan fingerprint density at radius 3 is 2.44 bits per heavy atom. The molecule has 2 aromatic carbocycles. The van der Waals surface area contributed by atoms with E-state index in [1.54, 1.807) is 45.0 Å². The molecule has 0 atom stereocenters. The van der Waals surface area contributed by atoms with Gasteiger partial charge in [0.1, 0.15) is 11.4 Å². The van der Waals surface area contributed by atoms with Crippen LogP contribution in [0, 0.1) is 12.7 Å². The van der Waals surface area contributed by atoms with Crippen LogP contribution in [0.5, 0.6) is 11.5 Å². The van der Waals surface area contributed by atoms with Crippen LogP contribution in [0.25, 0.3) is 11.0 Å². The van der Waals surface area contributed by atoms with Gasteiger partial charge in [0.05, 0.1) is 10.3 Å². The Bertz CT molecular complexity index is 1520. The molecule has 2 aromatic heterocycles. The molecule has 0 spiro atoms.